The molecule has 2 saturated carbocycles. The van der Waals surface area contributed by atoms with Gasteiger partial charge in [-0.25, -0.2) is 8.42 Å². The maximum Gasteiger partial charge on any atom is 0.238 e. The number of imide groups is 2. The third-order valence-corrected chi connectivity index (χ3v) is 13.7. The molecule has 4 fully saturated rings. The van der Waals surface area contributed by atoms with Crippen molar-refractivity contribution < 1.29 is 37.1 Å². The van der Waals surface area contributed by atoms with E-state index in [1.165, 1.54) is 34.1 Å². The Kier molecular flexibility index (Phi) is 6.98. The molecule has 6 aliphatic rings. The lowest BCUT2D eigenvalue weighted by Crippen LogP contribution is -2.32. The number of hydrogen-bond acceptors (Lipinski definition) is 8. The van der Waals surface area contributed by atoms with Gasteiger partial charge in [-0.3, -0.25) is 29.0 Å². The molecule has 264 valence electrons. The summed E-state index contributed by atoms with van der Waals surface area (Å²) in [6.07, 6.45) is 10.0. The first-order valence-corrected chi connectivity index (χ1v) is 19.3. The summed E-state index contributed by atoms with van der Waals surface area (Å²) < 4.78 is 38.7. The fraction of sp³-hybridized carbons (Fsp3) is 0.238. The van der Waals surface area contributed by atoms with Crippen molar-refractivity contribution in [2.24, 2.45) is 47.3 Å². The lowest BCUT2D eigenvalue weighted by molar-refractivity contribution is -0.124. The van der Waals surface area contributed by atoms with Crippen molar-refractivity contribution in [1.29, 1.82) is 0 Å². The standard InChI is InChI=1S/C42H32N2O8S/c45-39-35-23-1-2-24(21-23)36(35)40(46)43(39)27-5-9-29(10-6-27)51-31-13-17-33(18-14-31)53(49,50)34-19-15-32(16-20-34)52-30-11-7-28(8-12-30)44-41(47)37-25-3-4-26(22-25)38(37)42(44)48/h1-20,23-26,35-38H,21-22H2/t23-,24-,25-,26-,35-,36+,37+,38+/m0/s1. The number of nitrogens with zero attached hydrogens (tertiary/aromatic N) is 2. The van der Waals surface area contributed by atoms with Gasteiger partial charge < -0.3 is 9.47 Å². The average Bonchev–Trinajstić information content (AvgIpc) is 4.03. The number of sulfone groups is 1. The minimum absolute atomic E-state index is 0.0865. The second-order valence-electron chi connectivity index (χ2n) is 14.7. The Morgan fingerprint density at radius 1 is 0.415 bits per heavy atom. The van der Waals surface area contributed by atoms with Crippen molar-refractivity contribution in [1.82, 2.24) is 0 Å². The van der Waals surface area contributed by atoms with E-state index in [0.717, 1.165) is 12.8 Å². The topological polar surface area (TPSA) is 127 Å². The molecule has 0 unspecified atom stereocenters. The van der Waals surface area contributed by atoms with Crippen LogP contribution in [-0.2, 0) is 29.0 Å². The van der Waals surface area contributed by atoms with Gasteiger partial charge in [0.15, 0.2) is 0 Å². The highest BCUT2D eigenvalue weighted by Crippen LogP contribution is 2.54. The molecule has 2 heterocycles. The van der Waals surface area contributed by atoms with E-state index in [0.29, 0.717) is 34.4 Å². The van der Waals surface area contributed by atoms with Crippen molar-refractivity contribution in [2.75, 3.05) is 9.80 Å². The predicted molar refractivity (Wildman–Crippen MR) is 192 cm³/mol. The monoisotopic (exact) mass is 724 g/mol. The Balaban J connectivity index is 0.770. The molecule has 0 N–H and O–H groups in total. The van der Waals surface area contributed by atoms with Crippen LogP contribution in [0.1, 0.15) is 12.8 Å². The maximum atomic E-state index is 13.4. The molecule has 0 spiro atoms. The molecule has 2 saturated heterocycles. The Labute approximate surface area is 305 Å². The third kappa shape index (κ3) is 4.86. The molecule has 0 radical (unpaired) electrons. The molecule has 4 aromatic carbocycles. The van der Waals surface area contributed by atoms with Gasteiger partial charge in [0.2, 0.25) is 33.5 Å². The van der Waals surface area contributed by atoms with Crippen molar-refractivity contribution in [3.8, 4) is 23.0 Å². The Hall–Kier alpha value is -5.81. The van der Waals surface area contributed by atoms with Gasteiger partial charge in [-0.05, 0) is 134 Å². The number of carbonyl (C=O) groups is 4. The van der Waals surface area contributed by atoms with Crippen LogP contribution in [0, 0.1) is 47.3 Å². The summed E-state index contributed by atoms with van der Waals surface area (Å²) in [6.45, 7) is 0. The van der Waals surface area contributed by atoms with Gasteiger partial charge in [0.05, 0.1) is 44.8 Å². The highest BCUT2D eigenvalue weighted by molar-refractivity contribution is 7.91. The zero-order valence-electron chi connectivity index (χ0n) is 28.1. The zero-order valence-corrected chi connectivity index (χ0v) is 29.0. The second-order valence-corrected chi connectivity index (χ2v) is 16.6. The summed E-state index contributed by atoms with van der Waals surface area (Å²) in [5, 5.41) is 0. The second kappa shape index (κ2) is 11.6. The molecule has 53 heavy (non-hydrogen) atoms. The van der Waals surface area contributed by atoms with E-state index >= 15 is 0 Å². The summed E-state index contributed by atoms with van der Waals surface area (Å²) in [7, 11) is -3.85. The SMILES string of the molecule is O=C1[C@@H]2[C@H](C(=O)N1c1ccc(Oc3ccc(S(=O)(=O)c4ccc(Oc5ccc(N6C(=O)[C@H]7[C@H](C6=O)[C@H]6C=C[C@H]7C6)cc5)cc4)cc3)cc1)[C@H]1C=C[C@H]2C1. The number of allylic oxidation sites excluding steroid dienone is 4. The van der Waals surface area contributed by atoms with E-state index in [4.69, 9.17) is 9.47 Å². The summed E-state index contributed by atoms with van der Waals surface area (Å²) in [5.74, 6) is 0.706. The molecule has 10 rings (SSSR count). The van der Waals surface area contributed by atoms with E-state index in [1.54, 1.807) is 72.8 Å². The van der Waals surface area contributed by atoms with Crippen LogP contribution < -0.4 is 19.3 Å². The molecule has 4 aromatic rings. The van der Waals surface area contributed by atoms with Crippen LogP contribution in [0.25, 0.3) is 0 Å². The molecule has 11 heteroatoms. The largest absolute Gasteiger partial charge is 0.457 e. The normalized spacial score (nSPS) is 29.1. The van der Waals surface area contributed by atoms with Crippen molar-refractivity contribution in [3.05, 3.63) is 121 Å². The number of ether oxygens (including phenoxy) is 2. The molecular weight excluding hydrogens is 693 g/mol. The van der Waals surface area contributed by atoms with Crippen LogP contribution in [0.5, 0.6) is 23.0 Å². The zero-order chi connectivity index (χ0) is 36.2. The molecule has 4 aliphatic carbocycles. The van der Waals surface area contributed by atoms with Crippen LogP contribution in [-0.4, -0.2) is 32.0 Å². The van der Waals surface area contributed by atoms with E-state index in [2.05, 4.69) is 24.3 Å². The van der Waals surface area contributed by atoms with Gasteiger partial charge in [0.25, 0.3) is 0 Å². The van der Waals surface area contributed by atoms with Gasteiger partial charge >= 0.3 is 0 Å². The Morgan fingerprint density at radius 2 is 0.679 bits per heavy atom. The molecule has 10 nitrogen and oxygen atoms in total. The highest BCUT2D eigenvalue weighted by Gasteiger charge is 2.60. The van der Waals surface area contributed by atoms with Crippen molar-refractivity contribution in [2.45, 2.75) is 22.6 Å². The number of rotatable bonds is 8. The van der Waals surface area contributed by atoms with Crippen molar-refractivity contribution >= 4 is 44.8 Å². The van der Waals surface area contributed by atoms with E-state index in [1.807, 2.05) is 0 Å². The molecule has 8 atom stereocenters. The maximum absolute atomic E-state index is 13.4. The number of fused-ring (bicyclic) bond motifs is 10. The summed E-state index contributed by atoms with van der Waals surface area (Å²) in [5.41, 5.74) is 1.02. The first-order chi connectivity index (χ1) is 25.7. The highest BCUT2D eigenvalue weighted by atomic mass is 32.2. The predicted octanol–water partition coefficient (Wildman–Crippen LogP) is 6.73. The van der Waals surface area contributed by atoms with Crippen LogP contribution in [0.15, 0.2) is 131 Å². The quantitative estimate of drug-likeness (QED) is 0.145. The van der Waals surface area contributed by atoms with E-state index < -0.39 is 9.84 Å². The van der Waals surface area contributed by atoms with E-state index in [9.17, 15) is 27.6 Å². The Morgan fingerprint density at radius 3 is 0.962 bits per heavy atom. The van der Waals surface area contributed by atoms with Gasteiger partial charge in [0, 0.05) is 0 Å². The van der Waals surface area contributed by atoms with Gasteiger partial charge in [-0.1, -0.05) is 24.3 Å². The summed E-state index contributed by atoms with van der Waals surface area (Å²) in [4.78, 5) is 55.3. The fourth-order valence-corrected chi connectivity index (χ4v) is 10.7. The van der Waals surface area contributed by atoms with Gasteiger partial charge in [-0.2, -0.15) is 0 Å². The van der Waals surface area contributed by atoms with Crippen LogP contribution in [0.2, 0.25) is 0 Å². The third-order valence-electron chi connectivity index (χ3n) is 11.9. The molecule has 2 aliphatic heterocycles. The van der Waals surface area contributed by atoms with Crippen LogP contribution >= 0.6 is 0 Å². The molecule has 4 amide bonds. The summed E-state index contributed by atoms with van der Waals surface area (Å²) >= 11 is 0. The lowest BCUT2D eigenvalue weighted by Gasteiger charge is -2.17. The minimum Gasteiger partial charge on any atom is -0.457 e. The van der Waals surface area contributed by atoms with Gasteiger partial charge in [0.1, 0.15) is 23.0 Å². The average molecular weight is 725 g/mol. The number of amides is 4. The molecular formula is C42H32N2O8S. The minimum atomic E-state index is -3.85. The van der Waals surface area contributed by atoms with Crippen LogP contribution in [0.4, 0.5) is 11.4 Å². The first-order valence-electron chi connectivity index (χ1n) is 17.8. The van der Waals surface area contributed by atoms with Crippen molar-refractivity contribution in [3.63, 3.8) is 0 Å². The van der Waals surface area contributed by atoms with E-state index in [-0.39, 0.29) is 80.8 Å². The fourth-order valence-electron chi connectivity index (χ4n) is 9.42. The number of carbonyl (C=O) groups excluding carboxylic acids is 4. The lowest BCUT2D eigenvalue weighted by atomic mass is 9.85. The Bertz CT molecular complexity index is 2160. The van der Waals surface area contributed by atoms with Crippen LogP contribution in [0.3, 0.4) is 0 Å². The van der Waals surface area contributed by atoms with Gasteiger partial charge in [-0.15, -0.1) is 0 Å². The molecule has 4 bridgehead atoms. The summed E-state index contributed by atoms with van der Waals surface area (Å²) in [6, 6.07) is 25.6. The smallest absolute Gasteiger partial charge is 0.238 e. The molecule has 0 aromatic heterocycles. The number of anilines is 2. The number of hydrogen-bond donors (Lipinski definition) is 0. The first kappa shape index (κ1) is 31.9. The number of benzene rings is 4.